The third kappa shape index (κ3) is 3.94. The summed E-state index contributed by atoms with van der Waals surface area (Å²) in [6.07, 6.45) is 4.17. The number of para-hydroxylation sites is 1. The Balaban J connectivity index is 1.46. The van der Waals surface area contributed by atoms with Crippen LogP contribution in [0.5, 0.6) is 5.75 Å². The highest BCUT2D eigenvalue weighted by Gasteiger charge is 2.53. The Morgan fingerprint density at radius 3 is 2.11 bits per heavy atom. The van der Waals surface area contributed by atoms with Gasteiger partial charge in [0.15, 0.2) is 0 Å². The molecule has 1 amide bonds. The van der Waals surface area contributed by atoms with Gasteiger partial charge in [0.1, 0.15) is 17.0 Å². The summed E-state index contributed by atoms with van der Waals surface area (Å²) in [5.41, 5.74) is 3.46. The first-order valence-corrected chi connectivity index (χ1v) is 12.9. The van der Waals surface area contributed by atoms with Crippen LogP contribution in [0.1, 0.15) is 66.1 Å². The van der Waals surface area contributed by atoms with Crippen LogP contribution in [0.4, 0.5) is 0 Å². The standard InChI is InChI=1S/C31H34N2O2/c1-30(2)21-25-14-9-15-26(28(25)35-30)29(34)32-31(20-22-16-18-33(31)19-17-22)27(23-10-5-3-6-11-23)24-12-7-4-8-13-24/h3-15,22,27H,16-21H2,1-2H3,(H,32,34). The average Bonchev–Trinajstić information content (AvgIpc) is 3.20. The molecule has 4 aliphatic heterocycles. The van der Waals surface area contributed by atoms with Gasteiger partial charge >= 0.3 is 0 Å². The number of carbonyl (C=O) groups is 1. The number of hydrogen-bond donors (Lipinski definition) is 1. The van der Waals surface area contributed by atoms with Crippen molar-refractivity contribution in [1.82, 2.24) is 10.2 Å². The quantitative estimate of drug-likeness (QED) is 0.519. The Hall–Kier alpha value is -3.11. The Kier molecular flexibility index (Phi) is 5.45. The van der Waals surface area contributed by atoms with Crippen molar-refractivity contribution in [2.45, 2.75) is 56.7 Å². The lowest BCUT2D eigenvalue weighted by molar-refractivity contribution is -0.0562. The van der Waals surface area contributed by atoms with Crippen LogP contribution < -0.4 is 10.1 Å². The van der Waals surface area contributed by atoms with E-state index in [0.29, 0.717) is 11.5 Å². The highest BCUT2D eigenvalue weighted by Crippen LogP contribution is 2.48. The molecule has 0 saturated carbocycles. The van der Waals surface area contributed by atoms with Gasteiger partial charge in [-0.05, 0) is 61.8 Å². The van der Waals surface area contributed by atoms with Crippen LogP contribution >= 0.6 is 0 Å². The van der Waals surface area contributed by atoms with Crippen LogP contribution in [0, 0.1) is 5.92 Å². The average molecular weight is 467 g/mol. The van der Waals surface area contributed by atoms with E-state index in [1.807, 2.05) is 12.1 Å². The molecule has 3 fully saturated rings. The molecule has 3 aromatic rings. The van der Waals surface area contributed by atoms with E-state index in [-0.39, 0.29) is 17.4 Å². The third-order valence-electron chi connectivity index (χ3n) is 8.19. The lowest BCUT2D eigenvalue weighted by atomic mass is 9.69. The van der Waals surface area contributed by atoms with Crippen molar-refractivity contribution in [2.24, 2.45) is 5.92 Å². The number of hydrogen-bond acceptors (Lipinski definition) is 3. The summed E-state index contributed by atoms with van der Waals surface area (Å²) in [4.78, 5) is 16.7. The predicted octanol–water partition coefficient (Wildman–Crippen LogP) is 5.77. The molecule has 4 heterocycles. The summed E-state index contributed by atoms with van der Waals surface area (Å²) in [5, 5.41) is 3.64. The zero-order valence-electron chi connectivity index (χ0n) is 20.7. The molecule has 1 atom stereocenters. The van der Waals surface area contributed by atoms with E-state index in [0.717, 1.165) is 37.2 Å². The fourth-order valence-corrected chi connectivity index (χ4v) is 6.70. The Morgan fingerprint density at radius 2 is 1.54 bits per heavy atom. The number of amides is 1. The number of piperidine rings is 3. The number of benzene rings is 3. The monoisotopic (exact) mass is 466 g/mol. The maximum Gasteiger partial charge on any atom is 0.256 e. The summed E-state index contributed by atoms with van der Waals surface area (Å²) in [6, 6.07) is 27.4. The van der Waals surface area contributed by atoms with Gasteiger partial charge < -0.3 is 10.1 Å². The number of carbonyl (C=O) groups excluding carboxylic acids is 1. The molecule has 0 radical (unpaired) electrons. The smallest absolute Gasteiger partial charge is 0.256 e. The Bertz CT molecular complexity index is 1180. The van der Waals surface area contributed by atoms with Gasteiger partial charge in [0.05, 0.1) is 5.56 Å². The van der Waals surface area contributed by atoms with E-state index in [1.165, 1.54) is 24.0 Å². The Labute approximate surface area is 208 Å². The van der Waals surface area contributed by atoms with Gasteiger partial charge in [0.25, 0.3) is 5.91 Å². The minimum absolute atomic E-state index is 0.0334. The van der Waals surface area contributed by atoms with Gasteiger partial charge in [-0.15, -0.1) is 0 Å². The molecule has 4 heteroatoms. The first-order valence-electron chi connectivity index (χ1n) is 12.9. The summed E-state index contributed by atoms with van der Waals surface area (Å²) in [5.74, 6) is 1.36. The van der Waals surface area contributed by atoms with Gasteiger partial charge in [-0.3, -0.25) is 9.69 Å². The second kappa shape index (κ2) is 8.53. The lowest BCUT2D eigenvalue weighted by Gasteiger charge is -2.58. The largest absolute Gasteiger partial charge is 0.486 e. The summed E-state index contributed by atoms with van der Waals surface area (Å²) in [7, 11) is 0. The SMILES string of the molecule is CC1(C)Cc2cccc(C(=O)NC3(C(c4ccccc4)c4ccccc4)CC4CCN3CC4)c2O1. The molecule has 0 aromatic heterocycles. The van der Waals surface area contributed by atoms with Crippen LogP contribution in [0.3, 0.4) is 0 Å². The molecule has 3 saturated heterocycles. The number of nitrogens with zero attached hydrogens (tertiary/aromatic N) is 1. The van der Waals surface area contributed by atoms with Crippen molar-refractivity contribution in [3.63, 3.8) is 0 Å². The second-order valence-electron chi connectivity index (χ2n) is 11.1. The first-order chi connectivity index (χ1) is 17.0. The number of fused-ring (bicyclic) bond motifs is 4. The lowest BCUT2D eigenvalue weighted by Crippen LogP contribution is -2.69. The third-order valence-corrected chi connectivity index (χ3v) is 8.19. The minimum atomic E-state index is -0.488. The van der Waals surface area contributed by atoms with Crippen molar-refractivity contribution < 1.29 is 9.53 Å². The van der Waals surface area contributed by atoms with Crippen LogP contribution in [0.15, 0.2) is 78.9 Å². The minimum Gasteiger partial charge on any atom is -0.486 e. The van der Waals surface area contributed by atoms with Crippen molar-refractivity contribution in [3.8, 4) is 5.75 Å². The van der Waals surface area contributed by atoms with Crippen LogP contribution in [-0.4, -0.2) is 35.2 Å². The summed E-state index contributed by atoms with van der Waals surface area (Å²) >= 11 is 0. The van der Waals surface area contributed by atoms with Crippen LogP contribution in [0.25, 0.3) is 0 Å². The molecule has 1 N–H and O–H groups in total. The Morgan fingerprint density at radius 1 is 0.914 bits per heavy atom. The zero-order chi connectivity index (χ0) is 24.0. The van der Waals surface area contributed by atoms with Crippen LogP contribution in [-0.2, 0) is 6.42 Å². The molecule has 1 unspecified atom stereocenters. The molecule has 7 rings (SSSR count). The highest BCUT2D eigenvalue weighted by atomic mass is 16.5. The molecule has 0 aliphatic carbocycles. The normalized spacial score (nSPS) is 26.3. The van der Waals surface area contributed by atoms with Crippen molar-refractivity contribution in [2.75, 3.05) is 13.1 Å². The number of rotatable bonds is 5. The van der Waals surface area contributed by atoms with Crippen molar-refractivity contribution in [1.29, 1.82) is 0 Å². The van der Waals surface area contributed by atoms with E-state index in [1.54, 1.807) is 0 Å². The molecule has 3 aromatic carbocycles. The van der Waals surface area contributed by atoms with Crippen molar-refractivity contribution in [3.05, 3.63) is 101 Å². The van der Waals surface area contributed by atoms with E-state index < -0.39 is 5.66 Å². The highest BCUT2D eigenvalue weighted by molar-refractivity contribution is 5.98. The topological polar surface area (TPSA) is 41.6 Å². The second-order valence-corrected chi connectivity index (χ2v) is 11.1. The molecular formula is C31H34N2O2. The summed E-state index contributed by atoms with van der Waals surface area (Å²) < 4.78 is 6.29. The van der Waals surface area contributed by atoms with Crippen LogP contribution in [0.2, 0.25) is 0 Å². The fraction of sp³-hybridized carbons (Fsp3) is 0.387. The van der Waals surface area contributed by atoms with Gasteiger partial charge in [-0.2, -0.15) is 0 Å². The van der Waals surface area contributed by atoms with E-state index in [2.05, 4.69) is 90.8 Å². The molecule has 180 valence electrons. The van der Waals surface area contributed by atoms with Gasteiger partial charge in [0, 0.05) is 25.4 Å². The molecule has 2 bridgehead atoms. The van der Waals surface area contributed by atoms with E-state index >= 15 is 0 Å². The zero-order valence-corrected chi connectivity index (χ0v) is 20.7. The first kappa shape index (κ1) is 22.4. The van der Waals surface area contributed by atoms with E-state index in [9.17, 15) is 4.79 Å². The van der Waals surface area contributed by atoms with Gasteiger partial charge in [0.2, 0.25) is 0 Å². The molecular weight excluding hydrogens is 432 g/mol. The molecule has 0 spiro atoms. The molecule has 4 nitrogen and oxygen atoms in total. The number of ether oxygens (including phenoxy) is 1. The fourth-order valence-electron chi connectivity index (χ4n) is 6.70. The van der Waals surface area contributed by atoms with Gasteiger partial charge in [-0.25, -0.2) is 0 Å². The molecule has 35 heavy (non-hydrogen) atoms. The van der Waals surface area contributed by atoms with E-state index in [4.69, 9.17) is 4.74 Å². The maximum atomic E-state index is 14.1. The summed E-state index contributed by atoms with van der Waals surface area (Å²) in [6.45, 7) is 6.20. The molecule has 4 aliphatic rings. The van der Waals surface area contributed by atoms with Gasteiger partial charge in [-0.1, -0.05) is 72.8 Å². The number of nitrogens with one attached hydrogen (secondary N) is 1. The predicted molar refractivity (Wildman–Crippen MR) is 139 cm³/mol. The maximum absolute atomic E-state index is 14.1. The van der Waals surface area contributed by atoms with Crippen molar-refractivity contribution >= 4 is 5.91 Å².